The van der Waals surface area contributed by atoms with Gasteiger partial charge in [-0.2, -0.15) is 0 Å². The molecule has 0 atom stereocenters. The van der Waals surface area contributed by atoms with Crippen LogP contribution in [0.5, 0.6) is 0 Å². The van der Waals surface area contributed by atoms with Gasteiger partial charge >= 0.3 is 0 Å². The normalized spacial score (nSPS) is 19.6. The van der Waals surface area contributed by atoms with Gasteiger partial charge in [-0.3, -0.25) is 4.79 Å². The van der Waals surface area contributed by atoms with Gasteiger partial charge in [-0.15, -0.1) is 0 Å². The van der Waals surface area contributed by atoms with Crippen LogP contribution in [0.2, 0.25) is 0 Å². The molecule has 0 aromatic carbocycles. The van der Waals surface area contributed by atoms with Crippen LogP contribution >= 0.6 is 0 Å². The van der Waals surface area contributed by atoms with Crippen LogP contribution in [0.1, 0.15) is 66.2 Å². The quantitative estimate of drug-likeness (QED) is 0.765. The average molecular weight is 254 g/mol. The fourth-order valence-corrected chi connectivity index (χ4v) is 2.57. The van der Waals surface area contributed by atoms with E-state index in [2.05, 4.69) is 38.3 Å². The molecule has 1 fully saturated rings. The summed E-state index contributed by atoms with van der Waals surface area (Å²) in [5.74, 6) is 0.112. The summed E-state index contributed by atoms with van der Waals surface area (Å²) in [4.78, 5) is 11.8. The van der Waals surface area contributed by atoms with Gasteiger partial charge in [0, 0.05) is 12.1 Å². The maximum absolute atomic E-state index is 11.8. The molecule has 0 spiro atoms. The Kier molecular flexibility index (Phi) is 5.64. The summed E-state index contributed by atoms with van der Waals surface area (Å²) < 4.78 is 0. The van der Waals surface area contributed by atoms with E-state index in [-0.39, 0.29) is 11.4 Å². The van der Waals surface area contributed by atoms with Crippen LogP contribution in [0.3, 0.4) is 0 Å². The van der Waals surface area contributed by atoms with Crippen molar-refractivity contribution in [1.29, 1.82) is 0 Å². The maximum atomic E-state index is 11.8. The molecule has 0 heterocycles. The van der Waals surface area contributed by atoms with Crippen molar-refractivity contribution in [2.24, 2.45) is 5.41 Å². The molecule has 1 rings (SSSR count). The van der Waals surface area contributed by atoms with Gasteiger partial charge in [-0.05, 0) is 38.5 Å². The van der Waals surface area contributed by atoms with Gasteiger partial charge in [-0.25, -0.2) is 0 Å². The Labute approximate surface area is 112 Å². The Morgan fingerprint density at radius 2 is 1.83 bits per heavy atom. The lowest BCUT2D eigenvalue weighted by Gasteiger charge is -2.34. The number of hydrogen-bond donors (Lipinski definition) is 2. The maximum Gasteiger partial charge on any atom is 0.234 e. The summed E-state index contributed by atoms with van der Waals surface area (Å²) in [5.41, 5.74) is 0.312. The first kappa shape index (κ1) is 15.5. The summed E-state index contributed by atoms with van der Waals surface area (Å²) >= 11 is 0. The van der Waals surface area contributed by atoms with E-state index in [1.807, 2.05) is 0 Å². The Morgan fingerprint density at radius 1 is 1.22 bits per heavy atom. The van der Waals surface area contributed by atoms with Crippen molar-refractivity contribution in [2.75, 3.05) is 13.1 Å². The average Bonchev–Trinajstić information content (AvgIpc) is 2.29. The van der Waals surface area contributed by atoms with Crippen LogP contribution in [-0.4, -0.2) is 24.5 Å². The predicted octanol–water partition coefficient (Wildman–Crippen LogP) is 2.85. The van der Waals surface area contributed by atoms with Gasteiger partial charge in [0.15, 0.2) is 0 Å². The molecule has 1 saturated carbocycles. The number of nitrogens with one attached hydrogen (secondary N) is 2. The molecule has 106 valence electrons. The molecule has 0 aromatic rings. The predicted molar refractivity (Wildman–Crippen MR) is 76.6 cm³/mol. The van der Waals surface area contributed by atoms with E-state index in [4.69, 9.17) is 0 Å². The zero-order chi connectivity index (χ0) is 13.6. The summed E-state index contributed by atoms with van der Waals surface area (Å²) in [7, 11) is 0. The third-order valence-corrected chi connectivity index (χ3v) is 4.26. The molecular weight excluding hydrogens is 224 g/mol. The summed E-state index contributed by atoms with van der Waals surface area (Å²) in [5, 5.41) is 6.38. The smallest absolute Gasteiger partial charge is 0.234 e. The van der Waals surface area contributed by atoms with Crippen molar-refractivity contribution in [3.8, 4) is 0 Å². The molecule has 3 heteroatoms. The highest BCUT2D eigenvalue weighted by molar-refractivity contribution is 5.78. The van der Waals surface area contributed by atoms with Gasteiger partial charge in [0.25, 0.3) is 0 Å². The molecule has 1 aliphatic rings. The SMILES string of the molecule is CCC(C)(C)NC(=O)CNCC1(C)CCCCC1. The first-order chi connectivity index (χ1) is 8.37. The molecule has 0 radical (unpaired) electrons. The zero-order valence-corrected chi connectivity index (χ0v) is 12.6. The molecule has 1 amide bonds. The lowest BCUT2D eigenvalue weighted by molar-refractivity contribution is -0.121. The van der Waals surface area contributed by atoms with E-state index in [0.29, 0.717) is 12.0 Å². The molecule has 1 aliphatic carbocycles. The van der Waals surface area contributed by atoms with Gasteiger partial charge in [-0.1, -0.05) is 33.1 Å². The van der Waals surface area contributed by atoms with Gasteiger partial charge in [0.05, 0.1) is 6.54 Å². The largest absolute Gasteiger partial charge is 0.350 e. The van der Waals surface area contributed by atoms with Crippen molar-refractivity contribution in [1.82, 2.24) is 10.6 Å². The lowest BCUT2D eigenvalue weighted by atomic mass is 9.76. The van der Waals surface area contributed by atoms with E-state index in [1.54, 1.807) is 0 Å². The Bertz CT molecular complexity index is 268. The highest BCUT2D eigenvalue weighted by Crippen LogP contribution is 2.34. The topological polar surface area (TPSA) is 41.1 Å². The van der Waals surface area contributed by atoms with E-state index in [1.165, 1.54) is 32.1 Å². The second kappa shape index (κ2) is 6.55. The second-order valence-electron chi connectivity index (χ2n) is 6.76. The molecule has 0 unspecified atom stereocenters. The molecular formula is C15H30N2O. The number of carbonyl (C=O) groups excluding carboxylic acids is 1. The fourth-order valence-electron chi connectivity index (χ4n) is 2.57. The van der Waals surface area contributed by atoms with Crippen molar-refractivity contribution in [2.45, 2.75) is 71.8 Å². The minimum atomic E-state index is -0.0898. The van der Waals surface area contributed by atoms with Crippen molar-refractivity contribution in [3.05, 3.63) is 0 Å². The standard InChI is InChI=1S/C15H30N2O/c1-5-14(2,3)17-13(18)11-16-12-15(4)9-7-6-8-10-15/h16H,5-12H2,1-4H3,(H,17,18). The highest BCUT2D eigenvalue weighted by Gasteiger charge is 2.26. The summed E-state index contributed by atoms with van der Waals surface area (Å²) in [6.45, 7) is 9.97. The van der Waals surface area contributed by atoms with Crippen LogP contribution in [0, 0.1) is 5.41 Å². The first-order valence-corrected chi connectivity index (χ1v) is 7.39. The Morgan fingerprint density at radius 3 is 2.39 bits per heavy atom. The number of carbonyl (C=O) groups is 1. The summed E-state index contributed by atoms with van der Waals surface area (Å²) in [6.07, 6.45) is 7.60. The molecule has 0 aromatic heterocycles. The molecule has 3 nitrogen and oxygen atoms in total. The van der Waals surface area contributed by atoms with Crippen molar-refractivity contribution < 1.29 is 4.79 Å². The summed E-state index contributed by atoms with van der Waals surface area (Å²) in [6, 6.07) is 0. The Balaban J connectivity index is 2.22. The van der Waals surface area contributed by atoms with Crippen LogP contribution in [0.4, 0.5) is 0 Å². The van der Waals surface area contributed by atoms with Crippen LogP contribution in [0.25, 0.3) is 0 Å². The van der Waals surface area contributed by atoms with E-state index >= 15 is 0 Å². The number of amides is 1. The van der Waals surface area contributed by atoms with E-state index in [9.17, 15) is 4.79 Å². The molecule has 18 heavy (non-hydrogen) atoms. The zero-order valence-electron chi connectivity index (χ0n) is 12.6. The van der Waals surface area contributed by atoms with Crippen molar-refractivity contribution in [3.63, 3.8) is 0 Å². The highest BCUT2D eigenvalue weighted by atomic mass is 16.2. The van der Waals surface area contributed by atoms with Gasteiger partial charge in [0.1, 0.15) is 0 Å². The van der Waals surface area contributed by atoms with Crippen LogP contribution < -0.4 is 10.6 Å². The van der Waals surface area contributed by atoms with Crippen molar-refractivity contribution >= 4 is 5.91 Å². The molecule has 2 N–H and O–H groups in total. The first-order valence-electron chi connectivity index (χ1n) is 7.39. The molecule has 0 aliphatic heterocycles. The second-order valence-corrected chi connectivity index (χ2v) is 6.76. The number of hydrogen-bond acceptors (Lipinski definition) is 2. The fraction of sp³-hybridized carbons (Fsp3) is 0.933. The number of rotatable bonds is 6. The van der Waals surface area contributed by atoms with E-state index in [0.717, 1.165) is 13.0 Å². The lowest BCUT2D eigenvalue weighted by Crippen LogP contribution is -2.47. The van der Waals surface area contributed by atoms with Crippen LogP contribution in [0.15, 0.2) is 0 Å². The monoisotopic (exact) mass is 254 g/mol. The third kappa shape index (κ3) is 5.38. The van der Waals surface area contributed by atoms with E-state index < -0.39 is 0 Å². The van der Waals surface area contributed by atoms with Crippen LogP contribution in [-0.2, 0) is 4.79 Å². The van der Waals surface area contributed by atoms with Gasteiger partial charge in [0.2, 0.25) is 5.91 Å². The molecule has 0 bridgehead atoms. The Hall–Kier alpha value is -0.570. The minimum absolute atomic E-state index is 0.0898. The third-order valence-electron chi connectivity index (χ3n) is 4.26. The minimum Gasteiger partial charge on any atom is -0.350 e. The molecule has 0 saturated heterocycles. The van der Waals surface area contributed by atoms with Gasteiger partial charge < -0.3 is 10.6 Å².